The highest BCUT2D eigenvalue weighted by atomic mass is 32.2. The highest BCUT2D eigenvalue weighted by Crippen LogP contribution is 2.22. The first-order valence-corrected chi connectivity index (χ1v) is 10.9. The summed E-state index contributed by atoms with van der Waals surface area (Å²) >= 11 is 1.31. The van der Waals surface area contributed by atoms with Crippen LogP contribution >= 0.6 is 11.8 Å². The molecule has 0 bridgehead atoms. The van der Waals surface area contributed by atoms with Crippen molar-refractivity contribution in [1.82, 2.24) is 9.97 Å². The van der Waals surface area contributed by atoms with Crippen LogP contribution in [-0.4, -0.2) is 48.1 Å². The molecular formula is C16H17FN4O3S2. The van der Waals surface area contributed by atoms with Crippen molar-refractivity contribution >= 4 is 39.0 Å². The molecule has 3 rings (SSSR count). The number of hydrogen-bond donors (Lipinski definition) is 2. The van der Waals surface area contributed by atoms with E-state index < -0.39 is 21.6 Å². The van der Waals surface area contributed by atoms with Gasteiger partial charge in [-0.25, -0.2) is 22.8 Å². The Morgan fingerprint density at radius 1 is 1.31 bits per heavy atom. The van der Waals surface area contributed by atoms with Crippen molar-refractivity contribution in [3.05, 3.63) is 41.8 Å². The van der Waals surface area contributed by atoms with Crippen LogP contribution in [0.2, 0.25) is 0 Å². The van der Waals surface area contributed by atoms with Crippen molar-refractivity contribution in [2.75, 3.05) is 28.4 Å². The van der Waals surface area contributed by atoms with Gasteiger partial charge in [-0.2, -0.15) is 0 Å². The highest BCUT2D eigenvalue weighted by Gasteiger charge is 2.29. The Hall–Kier alpha value is -2.20. The van der Waals surface area contributed by atoms with Gasteiger partial charge in [0.2, 0.25) is 0 Å². The SMILES string of the molecule is CSc1ncc(C(=O)Nc2ccc(F)cc2)c(NC2CCS(=O)(=O)C2)n1. The molecule has 1 aliphatic rings. The molecule has 7 nitrogen and oxygen atoms in total. The molecule has 0 spiro atoms. The van der Waals surface area contributed by atoms with E-state index in [1.807, 2.05) is 0 Å². The molecule has 1 amide bonds. The lowest BCUT2D eigenvalue weighted by Gasteiger charge is -2.15. The van der Waals surface area contributed by atoms with Crippen LogP contribution in [0, 0.1) is 5.82 Å². The Kier molecular flexibility index (Phi) is 5.42. The van der Waals surface area contributed by atoms with Gasteiger partial charge in [0.05, 0.1) is 11.5 Å². The van der Waals surface area contributed by atoms with E-state index in [0.717, 1.165) is 0 Å². The number of nitrogens with zero attached hydrogens (tertiary/aromatic N) is 2. The minimum absolute atomic E-state index is 0.00459. The van der Waals surface area contributed by atoms with Crippen molar-refractivity contribution < 1.29 is 17.6 Å². The van der Waals surface area contributed by atoms with Crippen molar-refractivity contribution in [2.45, 2.75) is 17.6 Å². The van der Waals surface area contributed by atoms with E-state index in [4.69, 9.17) is 0 Å². The smallest absolute Gasteiger partial charge is 0.260 e. The van der Waals surface area contributed by atoms with Crippen LogP contribution in [0.15, 0.2) is 35.6 Å². The molecule has 10 heteroatoms. The van der Waals surface area contributed by atoms with Crippen molar-refractivity contribution in [3.8, 4) is 0 Å². The molecular weight excluding hydrogens is 379 g/mol. The molecule has 1 aliphatic heterocycles. The maximum absolute atomic E-state index is 13.0. The largest absolute Gasteiger partial charge is 0.365 e. The molecule has 2 N–H and O–H groups in total. The zero-order valence-corrected chi connectivity index (χ0v) is 15.5. The molecule has 1 fully saturated rings. The lowest BCUT2D eigenvalue weighted by atomic mass is 10.2. The van der Waals surface area contributed by atoms with Gasteiger partial charge in [0.25, 0.3) is 5.91 Å². The summed E-state index contributed by atoms with van der Waals surface area (Å²) in [5.41, 5.74) is 0.621. The first-order valence-electron chi connectivity index (χ1n) is 7.81. The second kappa shape index (κ2) is 7.58. The van der Waals surface area contributed by atoms with Gasteiger partial charge in [0.1, 0.15) is 17.2 Å². The van der Waals surface area contributed by atoms with Crippen molar-refractivity contribution in [1.29, 1.82) is 0 Å². The molecule has 0 aliphatic carbocycles. The molecule has 1 aromatic carbocycles. The minimum Gasteiger partial charge on any atom is -0.365 e. The number of halogens is 1. The normalized spacial score (nSPS) is 18.5. The molecule has 1 unspecified atom stereocenters. The third-order valence-electron chi connectivity index (χ3n) is 3.87. The van der Waals surface area contributed by atoms with E-state index in [1.54, 1.807) is 6.26 Å². The zero-order chi connectivity index (χ0) is 18.7. The van der Waals surface area contributed by atoms with Crippen LogP contribution in [0.3, 0.4) is 0 Å². The number of thioether (sulfide) groups is 1. The average Bonchev–Trinajstić information content (AvgIpc) is 2.95. The number of carbonyl (C=O) groups excluding carboxylic acids is 1. The second-order valence-electron chi connectivity index (χ2n) is 5.82. The summed E-state index contributed by atoms with van der Waals surface area (Å²) in [5, 5.41) is 6.17. The van der Waals surface area contributed by atoms with E-state index in [0.29, 0.717) is 17.3 Å². The van der Waals surface area contributed by atoms with Gasteiger partial charge in [-0.15, -0.1) is 0 Å². The molecule has 26 heavy (non-hydrogen) atoms. The second-order valence-corrected chi connectivity index (χ2v) is 8.83. The molecule has 0 saturated carbocycles. The van der Waals surface area contributed by atoms with Gasteiger partial charge < -0.3 is 10.6 Å². The van der Waals surface area contributed by atoms with Crippen LogP contribution in [0.5, 0.6) is 0 Å². The summed E-state index contributed by atoms with van der Waals surface area (Å²) in [7, 11) is -3.06. The lowest BCUT2D eigenvalue weighted by Crippen LogP contribution is -2.24. The van der Waals surface area contributed by atoms with Gasteiger partial charge in [-0.1, -0.05) is 11.8 Å². The van der Waals surface area contributed by atoms with Crippen LogP contribution in [-0.2, 0) is 9.84 Å². The average molecular weight is 396 g/mol. The predicted molar refractivity (Wildman–Crippen MR) is 98.8 cm³/mol. The number of hydrogen-bond acceptors (Lipinski definition) is 7. The summed E-state index contributed by atoms with van der Waals surface area (Å²) in [5.74, 6) is -0.466. The van der Waals surface area contributed by atoms with E-state index in [1.165, 1.54) is 42.2 Å². The lowest BCUT2D eigenvalue weighted by molar-refractivity contribution is 0.102. The number of amides is 1. The Labute approximate surface area is 154 Å². The van der Waals surface area contributed by atoms with Crippen LogP contribution < -0.4 is 10.6 Å². The van der Waals surface area contributed by atoms with Gasteiger partial charge in [-0.3, -0.25) is 4.79 Å². The van der Waals surface area contributed by atoms with Crippen molar-refractivity contribution in [3.63, 3.8) is 0 Å². The summed E-state index contributed by atoms with van der Waals surface area (Å²) in [6.07, 6.45) is 3.65. The number of sulfone groups is 1. The maximum Gasteiger partial charge on any atom is 0.260 e. The molecule has 1 atom stereocenters. The fourth-order valence-corrected chi connectivity index (χ4v) is 4.59. The Morgan fingerprint density at radius 3 is 2.65 bits per heavy atom. The quantitative estimate of drug-likeness (QED) is 0.590. The molecule has 1 saturated heterocycles. The molecule has 2 aromatic rings. The van der Waals surface area contributed by atoms with Gasteiger partial charge >= 0.3 is 0 Å². The zero-order valence-electron chi connectivity index (χ0n) is 13.9. The standard InChI is InChI=1S/C16H17FN4O3S2/c1-25-16-18-8-13(15(22)20-11-4-2-10(17)3-5-11)14(21-16)19-12-6-7-26(23,24)9-12/h2-5,8,12H,6-7,9H2,1H3,(H,20,22)(H,18,19,21). The van der Waals surface area contributed by atoms with Gasteiger partial charge in [0.15, 0.2) is 15.0 Å². The van der Waals surface area contributed by atoms with Gasteiger partial charge in [0, 0.05) is 17.9 Å². The monoisotopic (exact) mass is 396 g/mol. The molecule has 0 radical (unpaired) electrons. The fourth-order valence-electron chi connectivity index (χ4n) is 2.57. The summed E-state index contributed by atoms with van der Waals surface area (Å²) < 4.78 is 36.3. The van der Waals surface area contributed by atoms with E-state index >= 15 is 0 Å². The Balaban J connectivity index is 1.83. The summed E-state index contributed by atoms with van der Waals surface area (Å²) in [6, 6.07) is 5.07. The van der Waals surface area contributed by atoms with Crippen LogP contribution in [0.4, 0.5) is 15.9 Å². The molecule has 138 valence electrons. The number of rotatable bonds is 5. The molecule has 2 heterocycles. The predicted octanol–water partition coefficient (Wildman–Crippen LogP) is 2.19. The number of aromatic nitrogens is 2. The maximum atomic E-state index is 13.0. The van der Waals surface area contributed by atoms with E-state index in [2.05, 4.69) is 20.6 Å². The van der Waals surface area contributed by atoms with Gasteiger partial charge in [-0.05, 0) is 36.9 Å². The highest BCUT2D eigenvalue weighted by molar-refractivity contribution is 7.98. The number of anilines is 2. The third-order valence-corrected chi connectivity index (χ3v) is 6.20. The van der Waals surface area contributed by atoms with E-state index in [-0.39, 0.29) is 28.9 Å². The topological polar surface area (TPSA) is 101 Å². The third kappa shape index (κ3) is 4.50. The minimum atomic E-state index is -3.06. The number of carbonyl (C=O) groups is 1. The van der Waals surface area contributed by atoms with E-state index in [9.17, 15) is 17.6 Å². The van der Waals surface area contributed by atoms with Crippen molar-refractivity contribution in [2.24, 2.45) is 0 Å². The fraction of sp³-hybridized carbons (Fsp3) is 0.312. The van der Waals surface area contributed by atoms with Crippen LogP contribution in [0.1, 0.15) is 16.8 Å². The summed E-state index contributed by atoms with van der Waals surface area (Å²) in [4.78, 5) is 21.0. The Bertz CT molecular complexity index is 920. The van der Waals surface area contributed by atoms with Crippen LogP contribution in [0.25, 0.3) is 0 Å². The number of nitrogens with one attached hydrogen (secondary N) is 2. The number of benzene rings is 1. The molecule has 1 aromatic heterocycles. The summed E-state index contributed by atoms with van der Waals surface area (Å²) in [6.45, 7) is 0. The first-order chi connectivity index (χ1) is 12.4. The Morgan fingerprint density at radius 2 is 2.04 bits per heavy atom. The first kappa shape index (κ1) is 18.6.